The van der Waals surface area contributed by atoms with Gasteiger partial charge in [0.2, 0.25) is 5.91 Å². The summed E-state index contributed by atoms with van der Waals surface area (Å²) in [7, 11) is 0. The van der Waals surface area contributed by atoms with Crippen LogP contribution in [-0.4, -0.2) is 32.8 Å². The van der Waals surface area contributed by atoms with Crippen molar-refractivity contribution in [3.05, 3.63) is 65.6 Å². The van der Waals surface area contributed by atoms with E-state index in [0.29, 0.717) is 6.54 Å². The van der Waals surface area contributed by atoms with Crippen molar-refractivity contribution in [1.82, 2.24) is 14.3 Å². The Labute approximate surface area is 159 Å². The van der Waals surface area contributed by atoms with E-state index < -0.39 is 0 Å². The minimum atomic E-state index is -0.219. The van der Waals surface area contributed by atoms with Gasteiger partial charge in [-0.3, -0.25) is 9.69 Å². The van der Waals surface area contributed by atoms with Gasteiger partial charge in [0.05, 0.1) is 18.3 Å². The average Bonchev–Trinajstić information content (AvgIpc) is 3.26. The van der Waals surface area contributed by atoms with Crippen molar-refractivity contribution >= 4 is 17.2 Å². The number of imidazole rings is 1. The van der Waals surface area contributed by atoms with E-state index in [1.807, 2.05) is 12.1 Å². The van der Waals surface area contributed by atoms with Crippen LogP contribution in [0.25, 0.3) is 5.65 Å². The predicted octanol–water partition coefficient (Wildman–Crippen LogP) is 2.70. The zero-order valence-electron chi connectivity index (χ0n) is 15.6. The number of rotatable bonds is 6. The molecule has 140 valence electrons. The molecule has 3 aromatic rings. The number of nitrogens with one attached hydrogen (secondary N) is 1. The zero-order chi connectivity index (χ0) is 18.8. The van der Waals surface area contributed by atoms with Crippen LogP contribution < -0.4 is 11.1 Å². The Hall–Kier alpha value is -2.86. The molecule has 6 nitrogen and oxygen atoms in total. The van der Waals surface area contributed by atoms with E-state index in [-0.39, 0.29) is 11.9 Å². The molecule has 4 rings (SSSR count). The van der Waals surface area contributed by atoms with Crippen molar-refractivity contribution in [2.24, 2.45) is 5.73 Å². The highest BCUT2D eigenvalue weighted by atomic mass is 16.1. The highest BCUT2D eigenvalue weighted by Crippen LogP contribution is 2.21. The molecule has 1 unspecified atom stereocenters. The molecule has 27 heavy (non-hydrogen) atoms. The summed E-state index contributed by atoms with van der Waals surface area (Å²) >= 11 is 0. The average molecular weight is 363 g/mol. The van der Waals surface area contributed by atoms with E-state index in [0.717, 1.165) is 43.0 Å². The summed E-state index contributed by atoms with van der Waals surface area (Å²) in [4.78, 5) is 18.4. The Morgan fingerprint density at radius 2 is 2.19 bits per heavy atom. The smallest absolute Gasteiger partial charge is 0.234 e. The number of fused-ring (bicyclic) bond motifs is 1. The summed E-state index contributed by atoms with van der Waals surface area (Å²) in [5.74, 6) is -0.219. The van der Waals surface area contributed by atoms with Gasteiger partial charge in [0.25, 0.3) is 0 Å². The maximum Gasteiger partial charge on any atom is 0.234 e. The second-order valence-electron chi connectivity index (χ2n) is 7.29. The summed E-state index contributed by atoms with van der Waals surface area (Å²) in [5, 5.41) is 3.45. The summed E-state index contributed by atoms with van der Waals surface area (Å²) in [6, 6.07) is 12.3. The molecule has 3 heterocycles. The Bertz CT molecular complexity index is 964. The van der Waals surface area contributed by atoms with Gasteiger partial charge in [0.1, 0.15) is 5.65 Å². The third-order valence-corrected chi connectivity index (χ3v) is 5.13. The molecule has 1 amide bonds. The van der Waals surface area contributed by atoms with Crippen LogP contribution in [0.4, 0.5) is 5.69 Å². The summed E-state index contributed by atoms with van der Waals surface area (Å²) in [6.45, 7) is 4.41. The van der Waals surface area contributed by atoms with Crippen molar-refractivity contribution in [3.8, 4) is 0 Å². The normalized spacial score (nSPS) is 17.4. The summed E-state index contributed by atoms with van der Waals surface area (Å²) in [5.41, 5.74) is 10.9. The maximum atomic E-state index is 11.6. The van der Waals surface area contributed by atoms with Crippen LogP contribution in [0.15, 0.2) is 48.8 Å². The van der Waals surface area contributed by atoms with Gasteiger partial charge in [-0.2, -0.15) is 0 Å². The molecule has 6 heteroatoms. The summed E-state index contributed by atoms with van der Waals surface area (Å²) in [6.07, 6.45) is 6.03. The standard InChI is InChI=1S/C21H25N5O/c1-15-7-8-20-24-18(14-26(20)12-15)11-23-17-5-2-4-16(10-17)13-25-9-3-6-19(25)21(22)27/h2,4-5,7-8,10,12,14,19,23H,3,6,9,11,13H2,1H3,(H2,22,27). The lowest BCUT2D eigenvalue weighted by Crippen LogP contribution is -2.39. The Morgan fingerprint density at radius 3 is 3.04 bits per heavy atom. The molecular formula is C21H25N5O. The third-order valence-electron chi connectivity index (χ3n) is 5.13. The van der Waals surface area contributed by atoms with E-state index in [9.17, 15) is 4.79 Å². The van der Waals surface area contributed by atoms with Crippen LogP contribution in [-0.2, 0) is 17.9 Å². The Balaban J connectivity index is 1.42. The molecule has 0 saturated carbocycles. The van der Waals surface area contributed by atoms with E-state index >= 15 is 0 Å². The van der Waals surface area contributed by atoms with Crippen LogP contribution in [0.3, 0.4) is 0 Å². The first kappa shape index (κ1) is 17.5. The number of nitrogens with zero attached hydrogens (tertiary/aromatic N) is 3. The molecule has 3 N–H and O–H groups in total. The lowest BCUT2D eigenvalue weighted by molar-refractivity contribution is -0.122. The second-order valence-corrected chi connectivity index (χ2v) is 7.29. The number of hydrogen-bond donors (Lipinski definition) is 2. The van der Waals surface area contributed by atoms with Gasteiger partial charge in [0, 0.05) is 24.6 Å². The molecule has 1 fully saturated rings. The number of aromatic nitrogens is 2. The van der Waals surface area contributed by atoms with Crippen molar-refractivity contribution in [2.75, 3.05) is 11.9 Å². The van der Waals surface area contributed by atoms with Crippen LogP contribution in [0.5, 0.6) is 0 Å². The van der Waals surface area contributed by atoms with Gasteiger partial charge in [-0.15, -0.1) is 0 Å². The molecule has 0 spiro atoms. The molecule has 1 saturated heterocycles. The molecular weight excluding hydrogens is 338 g/mol. The topological polar surface area (TPSA) is 75.7 Å². The predicted molar refractivity (Wildman–Crippen MR) is 106 cm³/mol. The number of hydrogen-bond acceptors (Lipinski definition) is 4. The number of pyridine rings is 1. The third kappa shape index (κ3) is 3.95. The number of aryl methyl sites for hydroxylation is 1. The number of nitrogens with two attached hydrogens (primary N) is 1. The maximum absolute atomic E-state index is 11.6. The van der Waals surface area contributed by atoms with Gasteiger partial charge >= 0.3 is 0 Å². The van der Waals surface area contributed by atoms with Crippen molar-refractivity contribution < 1.29 is 4.79 Å². The SMILES string of the molecule is Cc1ccc2nc(CNc3cccc(CN4CCCC4C(N)=O)c3)cn2c1. The monoisotopic (exact) mass is 363 g/mol. The highest BCUT2D eigenvalue weighted by Gasteiger charge is 2.28. The number of carbonyl (C=O) groups is 1. The van der Waals surface area contributed by atoms with Gasteiger partial charge < -0.3 is 15.5 Å². The Kier molecular flexibility index (Phi) is 4.81. The van der Waals surface area contributed by atoms with E-state index in [1.54, 1.807) is 0 Å². The molecule has 2 aromatic heterocycles. The summed E-state index contributed by atoms with van der Waals surface area (Å²) < 4.78 is 2.06. The minimum Gasteiger partial charge on any atom is -0.379 e. The fourth-order valence-corrected chi connectivity index (χ4v) is 3.79. The number of benzene rings is 1. The number of amides is 1. The van der Waals surface area contributed by atoms with Crippen molar-refractivity contribution in [2.45, 2.75) is 38.9 Å². The van der Waals surface area contributed by atoms with Gasteiger partial charge in [-0.25, -0.2) is 4.98 Å². The fourth-order valence-electron chi connectivity index (χ4n) is 3.79. The quantitative estimate of drug-likeness (QED) is 0.706. The highest BCUT2D eigenvalue weighted by molar-refractivity contribution is 5.80. The van der Waals surface area contributed by atoms with E-state index in [1.165, 1.54) is 11.1 Å². The molecule has 1 aliphatic rings. The number of anilines is 1. The first-order valence-electron chi connectivity index (χ1n) is 9.39. The largest absolute Gasteiger partial charge is 0.379 e. The van der Waals surface area contributed by atoms with Crippen LogP contribution in [0.2, 0.25) is 0 Å². The van der Waals surface area contributed by atoms with Crippen LogP contribution in [0.1, 0.15) is 29.7 Å². The van der Waals surface area contributed by atoms with Crippen LogP contribution in [0, 0.1) is 6.92 Å². The lowest BCUT2D eigenvalue weighted by atomic mass is 10.1. The van der Waals surface area contributed by atoms with Crippen molar-refractivity contribution in [3.63, 3.8) is 0 Å². The van der Waals surface area contributed by atoms with E-state index in [2.05, 4.69) is 63.2 Å². The first-order chi connectivity index (χ1) is 13.1. The second kappa shape index (κ2) is 7.40. The first-order valence-corrected chi connectivity index (χ1v) is 9.39. The van der Waals surface area contributed by atoms with Gasteiger partial charge in [-0.05, 0) is 55.6 Å². The minimum absolute atomic E-state index is 0.136. The fraction of sp³-hybridized carbons (Fsp3) is 0.333. The van der Waals surface area contributed by atoms with Crippen LogP contribution >= 0.6 is 0 Å². The molecule has 1 aromatic carbocycles. The lowest BCUT2D eigenvalue weighted by Gasteiger charge is -2.22. The van der Waals surface area contributed by atoms with Crippen molar-refractivity contribution in [1.29, 1.82) is 0 Å². The molecule has 1 aliphatic heterocycles. The molecule has 0 radical (unpaired) electrons. The molecule has 0 aliphatic carbocycles. The number of likely N-dealkylation sites (tertiary alicyclic amines) is 1. The molecule has 1 atom stereocenters. The number of primary amides is 1. The Morgan fingerprint density at radius 1 is 1.30 bits per heavy atom. The van der Waals surface area contributed by atoms with Gasteiger partial charge in [-0.1, -0.05) is 18.2 Å². The van der Waals surface area contributed by atoms with Gasteiger partial charge in [0.15, 0.2) is 0 Å². The molecule has 0 bridgehead atoms. The number of carbonyl (C=O) groups excluding carboxylic acids is 1. The van der Waals surface area contributed by atoms with E-state index in [4.69, 9.17) is 5.73 Å². The zero-order valence-corrected chi connectivity index (χ0v) is 15.6.